The summed E-state index contributed by atoms with van der Waals surface area (Å²) >= 11 is 0. The van der Waals surface area contributed by atoms with E-state index in [0.717, 1.165) is 17.1 Å². The standard InChI is InChI=1S/C18H21N3O2.HI/c1-22-16-8-4-2-6-13(16)10-20-18(19)21-11-14-12-23-17-9-5-3-7-15(14)17;/h2-9,14H,10-12H2,1H3,(H3,19,20,21);1H. The van der Waals surface area contributed by atoms with E-state index >= 15 is 0 Å². The Bertz CT molecular complexity index is 706. The molecule has 5 nitrogen and oxygen atoms in total. The number of guanidine groups is 1. The van der Waals surface area contributed by atoms with Gasteiger partial charge in [0, 0.05) is 23.6 Å². The van der Waals surface area contributed by atoms with Gasteiger partial charge in [0.25, 0.3) is 0 Å². The highest BCUT2D eigenvalue weighted by Gasteiger charge is 2.23. The van der Waals surface area contributed by atoms with Crippen LogP contribution < -0.4 is 20.5 Å². The smallest absolute Gasteiger partial charge is 0.188 e. The molecule has 1 heterocycles. The van der Waals surface area contributed by atoms with Crippen molar-refractivity contribution in [2.24, 2.45) is 10.7 Å². The summed E-state index contributed by atoms with van der Waals surface area (Å²) in [5.41, 5.74) is 8.20. The number of nitrogens with one attached hydrogen (secondary N) is 1. The Morgan fingerprint density at radius 3 is 2.83 bits per heavy atom. The van der Waals surface area contributed by atoms with Gasteiger partial charge in [0.05, 0.1) is 20.3 Å². The molecule has 6 heteroatoms. The van der Waals surface area contributed by atoms with Crippen LogP contribution in [-0.4, -0.2) is 26.2 Å². The van der Waals surface area contributed by atoms with Crippen molar-refractivity contribution in [1.29, 1.82) is 0 Å². The van der Waals surface area contributed by atoms with Crippen molar-refractivity contribution in [1.82, 2.24) is 5.32 Å². The van der Waals surface area contributed by atoms with Gasteiger partial charge in [0.15, 0.2) is 5.96 Å². The zero-order valence-electron chi connectivity index (χ0n) is 13.6. The summed E-state index contributed by atoms with van der Waals surface area (Å²) in [5.74, 6) is 2.51. The van der Waals surface area contributed by atoms with E-state index in [9.17, 15) is 0 Å². The van der Waals surface area contributed by atoms with Gasteiger partial charge in [0.2, 0.25) is 0 Å². The number of hydrogen-bond acceptors (Lipinski definition) is 3. The lowest BCUT2D eigenvalue weighted by Crippen LogP contribution is -2.35. The molecule has 1 atom stereocenters. The number of fused-ring (bicyclic) bond motifs is 1. The Balaban J connectivity index is 0.00000208. The van der Waals surface area contributed by atoms with Gasteiger partial charge >= 0.3 is 0 Å². The number of ether oxygens (including phenoxy) is 2. The molecule has 3 N–H and O–H groups in total. The summed E-state index contributed by atoms with van der Waals surface area (Å²) in [6.07, 6.45) is 0. The van der Waals surface area contributed by atoms with Crippen LogP contribution in [0.5, 0.6) is 11.5 Å². The molecular formula is C18H22IN3O2. The summed E-state index contributed by atoms with van der Waals surface area (Å²) in [4.78, 5) is 4.38. The van der Waals surface area contributed by atoms with Crippen molar-refractivity contribution in [2.45, 2.75) is 12.5 Å². The van der Waals surface area contributed by atoms with E-state index in [1.807, 2.05) is 42.5 Å². The molecule has 24 heavy (non-hydrogen) atoms. The Kier molecular flexibility index (Phi) is 6.72. The van der Waals surface area contributed by atoms with Crippen LogP contribution in [0.4, 0.5) is 0 Å². The maximum absolute atomic E-state index is 5.97. The molecule has 0 saturated heterocycles. The second-order valence-corrected chi connectivity index (χ2v) is 5.44. The van der Waals surface area contributed by atoms with E-state index in [1.54, 1.807) is 7.11 Å². The number of halogens is 1. The first-order chi connectivity index (χ1) is 11.3. The molecule has 0 spiro atoms. The summed E-state index contributed by atoms with van der Waals surface area (Å²) in [7, 11) is 1.65. The average Bonchev–Trinajstić information content (AvgIpc) is 3.01. The van der Waals surface area contributed by atoms with Gasteiger partial charge in [-0.2, -0.15) is 0 Å². The van der Waals surface area contributed by atoms with E-state index in [4.69, 9.17) is 15.2 Å². The highest BCUT2D eigenvalue weighted by molar-refractivity contribution is 14.0. The molecule has 0 radical (unpaired) electrons. The predicted octanol–water partition coefficient (Wildman–Crippen LogP) is 2.89. The second-order valence-electron chi connectivity index (χ2n) is 5.44. The average molecular weight is 439 g/mol. The van der Waals surface area contributed by atoms with Crippen LogP contribution in [0.25, 0.3) is 0 Å². The summed E-state index contributed by atoms with van der Waals surface area (Å²) < 4.78 is 11.0. The zero-order chi connectivity index (χ0) is 16.1. The lowest BCUT2D eigenvalue weighted by Gasteiger charge is -2.11. The minimum atomic E-state index is 0. The van der Waals surface area contributed by atoms with Crippen LogP contribution in [-0.2, 0) is 6.54 Å². The molecule has 0 bridgehead atoms. The lowest BCUT2D eigenvalue weighted by molar-refractivity contribution is 0.330. The summed E-state index contributed by atoms with van der Waals surface area (Å²) in [5, 5.41) is 3.18. The molecule has 1 aliphatic heterocycles. The molecule has 128 valence electrons. The number of hydrogen-bond donors (Lipinski definition) is 2. The van der Waals surface area contributed by atoms with Crippen LogP contribution in [0.3, 0.4) is 0 Å². The largest absolute Gasteiger partial charge is 0.496 e. The van der Waals surface area contributed by atoms with E-state index in [2.05, 4.69) is 16.4 Å². The molecule has 0 aliphatic carbocycles. The first-order valence-corrected chi connectivity index (χ1v) is 7.65. The fourth-order valence-corrected chi connectivity index (χ4v) is 2.69. The number of rotatable bonds is 5. The third-order valence-corrected chi connectivity index (χ3v) is 3.94. The SMILES string of the molecule is COc1ccccc1CN=C(N)NCC1COc2ccccc21.I. The van der Waals surface area contributed by atoms with Crippen LogP contribution in [0, 0.1) is 0 Å². The number of nitrogens with zero attached hydrogens (tertiary/aromatic N) is 1. The number of aliphatic imine (C=N–C) groups is 1. The zero-order valence-corrected chi connectivity index (χ0v) is 15.9. The molecule has 1 aliphatic rings. The topological polar surface area (TPSA) is 68.9 Å². The molecular weight excluding hydrogens is 417 g/mol. The Hall–Kier alpha value is -1.96. The van der Waals surface area contributed by atoms with E-state index in [0.29, 0.717) is 31.6 Å². The molecule has 0 saturated carbocycles. The van der Waals surface area contributed by atoms with Crippen molar-refractivity contribution in [3.8, 4) is 11.5 Å². The quantitative estimate of drug-likeness (QED) is 0.427. The molecule has 0 amide bonds. The van der Waals surface area contributed by atoms with Crippen LogP contribution in [0.15, 0.2) is 53.5 Å². The van der Waals surface area contributed by atoms with Gasteiger partial charge < -0.3 is 20.5 Å². The van der Waals surface area contributed by atoms with Crippen molar-refractivity contribution in [2.75, 3.05) is 20.3 Å². The van der Waals surface area contributed by atoms with E-state index in [1.165, 1.54) is 5.56 Å². The Morgan fingerprint density at radius 1 is 1.25 bits per heavy atom. The molecule has 3 rings (SSSR count). The monoisotopic (exact) mass is 439 g/mol. The first kappa shape index (κ1) is 18.4. The van der Waals surface area contributed by atoms with Gasteiger partial charge in [-0.05, 0) is 12.1 Å². The van der Waals surface area contributed by atoms with Crippen molar-refractivity contribution >= 4 is 29.9 Å². The van der Waals surface area contributed by atoms with E-state index in [-0.39, 0.29) is 24.0 Å². The second kappa shape index (κ2) is 8.77. The molecule has 2 aromatic carbocycles. The van der Waals surface area contributed by atoms with Gasteiger partial charge in [-0.25, -0.2) is 4.99 Å². The van der Waals surface area contributed by atoms with Gasteiger partial charge in [-0.3, -0.25) is 0 Å². The van der Waals surface area contributed by atoms with Crippen molar-refractivity contribution in [3.05, 3.63) is 59.7 Å². The summed E-state index contributed by atoms with van der Waals surface area (Å²) in [6, 6.07) is 15.9. The number of nitrogens with two attached hydrogens (primary N) is 1. The Morgan fingerprint density at radius 2 is 2.00 bits per heavy atom. The fraction of sp³-hybridized carbons (Fsp3) is 0.278. The highest BCUT2D eigenvalue weighted by Crippen LogP contribution is 2.32. The van der Waals surface area contributed by atoms with Gasteiger partial charge in [0.1, 0.15) is 11.5 Å². The predicted molar refractivity (Wildman–Crippen MR) is 106 cm³/mol. The maximum Gasteiger partial charge on any atom is 0.188 e. The maximum atomic E-state index is 5.97. The molecule has 0 aromatic heterocycles. The third kappa shape index (κ3) is 4.31. The highest BCUT2D eigenvalue weighted by atomic mass is 127. The number of methoxy groups -OCH3 is 1. The first-order valence-electron chi connectivity index (χ1n) is 7.65. The van der Waals surface area contributed by atoms with Crippen molar-refractivity contribution < 1.29 is 9.47 Å². The van der Waals surface area contributed by atoms with Gasteiger partial charge in [-0.15, -0.1) is 24.0 Å². The molecule has 0 fully saturated rings. The number of para-hydroxylation sites is 2. The minimum absolute atomic E-state index is 0. The minimum Gasteiger partial charge on any atom is -0.496 e. The third-order valence-electron chi connectivity index (χ3n) is 3.94. The van der Waals surface area contributed by atoms with Crippen LogP contribution >= 0.6 is 24.0 Å². The van der Waals surface area contributed by atoms with E-state index < -0.39 is 0 Å². The van der Waals surface area contributed by atoms with Crippen molar-refractivity contribution in [3.63, 3.8) is 0 Å². The van der Waals surface area contributed by atoms with Gasteiger partial charge in [-0.1, -0.05) is 36.4 Å². The summed E-state index contributed by atoms with van der Waals surface area (Å²) in [6.45, 7) is 1.87. The molecule has 2 aromatic rings. The van der Waals surface area contributed by atoms with Crippen LogP contribution in [0.2, 0.25) is 0 Å². The lowest BCUT2D eigenvalue weighted by atomic mass is 10.0. The molecule has 1 unspecified atom stereocenters. The fourth-order valence-electron chi connectivity index (χ4n) is 2.69. The number of benzene rings is 2. The Labute approximate surface area is 159 Å². The normalized spacial score (nSPS) is 15.9. The van der Waals surface area contributed by atoms with Crippen LogP contribution in [0.1, 0.15) is 17.0 Å².